The summed E-state index contributed by atoms with van der Waals surface area (Å²) < 4.78 is 3.14. The van der Waals surface area contributed by atoms with E-state index in [1.54, 1.807) is 17.4 Å². The second-order valence-electron chi connectivity index (χ2n) is 5.47. The minimum absolute atomic E-state index is 0.0910. The van der Waals surface area contributed by atoms with Crippen molar-refractivity contribution < 1.29 is 4.79 Å². The van der Waals surface area contributed by atoms with Gasteiger partial charge in [-0.1, -0.05) is 46.8 Å². The third-order valence-electron chi connectivity index (χ3n) is 3.71. The number of nitrogens with one attached hydrogen (secondary N) is 1. The number of amides is 1. The Kier molecular flexibility index (Phi) is 4.37. The van der Waals surface area contributed by atoms with E-state index in [0.717, 1.165) is 31.6 Å². The van der Waals surface area contributed by atoms with Crippen LogP contribution in [-0.2, 0) is 4.79 Å². The molecule has 0 unspecified atom stereocenters. The molecule has 2 heterocycles. The number of thioether (sulfide) groups is 1. The molecule has 1 N–H and O–H groups in total. The van der Waals surface area contributed by atoms with Crippen molar-refractivity contribution in [2.45, 2.75) is 12.1 Å². The van der Waals surface area contributed by atoms with Gasteiger partial charge in [0.1, 0.15) is 0 Å². The third-order valence-corrected chi connectivity index (χ3v) is 5.88. The molecule has 0 radical (unpaired) electrons. The van der Waals surface area contributed by atoms with Crippen LogP contribution in [-0.4, -0.2) is 26.3 Å². The van der Waals surface area contributed by atoms with Gasteiger partial charge >= 0.3 is 0 Å². The van der Waals surface area contributed by atoms with E-state index in [1.165, 1.54) is 11.8 Å². The topological polar surface area (TPSA) is 59.3 Å². The summed E-state index contributed by atoms with van der Waals surface area (Å²) in [6.07, 6.45) is 0. The molecule has 4 aromatic rings. The minimum Gasteiger partial charge on any atom is -0.325 e. The number of rotatable bonds is 4. The fourth-order valence-electron chi connectivity index (χ4n) is 2.53. The first kappa shape index (κ1) is 16.4. The van der Waals surface area contributed by atoms with Gasteiger partial charge in [-0.25, -0.2) is 0 Å². The second kappa shape index (κ2) is 6.67. The number of carbonyl (C=O) groups is 1. The van der Waals surface area contributed by atoms with Crippen molar-refractivity contribution in [3.8, 4) is 0 Å². The molecular formula is C17H13ClN4OS2. The molecule has 25 heavy (non-hydrogen) atoms. The van der Waals surface area contributed by atoms with Crippen molar-refractivity contribution in [1.82, 2.24) is 14.6 Å². The van der Waals surface area contributed by atoms with Gasteiger partial charge in [-0.05, 0) is 42.8 Å². The highest BCUT2D eigenvalue weighted by Gasteiger charge is 2.14. The van der Waals surface area contributed by atoms with Gasteiger partial charge in [0.15, 0.2) is 5.16 Å². The van der Waals surface area contributed by atoms with Crippen molar-refractivity contribution in [2.75, 3.05) is 11.1 Å². The molecule has 0 spiro atoms. The maximum Gasteiger partial charge on any atom is 0.234 e. The van der Waals surface area contributed by atoms with Crippen LogP contribution in [0.25, 0.3) is 15.2 Å². The van der Waals surface area contributed by atoms with Gasteiger partial charge in [0.25, 0.3) is 0 Å². The Morgan fingerprint density at radius 3 is 2.96 bits per heavy atom. The molecule has 5 nitrogen and oxygen atoms in total. The van der Waals surface area contributed by atoms with Crippen molar-refractivity contribution in [3.63, 3.8) is 0 Å². The number of benzene rings is 2. The van der Waals surface area contributed by atoms with Crippen molar-refractivity contribution in [2.24, 2.45) is 0 Å². The average molecular weight is 389 g/mol. The first-order valence-electron chi connectivity index (χ1n) is 7.53. The van der Waals surface area contributed by atoms with Gasteiger partial charge in [-0.3, -0.25) is 9.20 Å². The monoisotopic (exact) mass is 388 g/mol. The molecule has 0 atom stereocenters. The largest absolute Gasteiger partial charge is 0.325 e. The Hall–Kier alpha value is -2.09. The lowest BCUT2D eigenvalue weighted by Crippen LogP contribution is -2.15. The number of halogens is 1. The SMILES string of the molecule is Cc1cc(Cl)ccc1NC(=O)CSc1nnc2sc3ccccc3n12. The molecule has 2 aromatic heterocycles. The molecule has 0 aliphatic rings. The summed E-state index contributed by atoms with van der Waals surface area (Å²) in [5, 5.41) is 12.7. The molecule has 0 fully saturated rings. The standard InChI is InChI=1S/C17H13ClN4OS2/c1-10-8-11(18)6-7-12(10)19-15(23)9-24-16-20-21-17-22(16)13-4-2-3-5-14(13)25-17/h2-8H,9H2,1H3,(H,19,23). The van der Waals surface area contributed by atoms with Gasteiger partial charge in [-0.2, -0.15) is 0 Å². The number of aryl methyl sites for hydroxylation is 1. The van der Waals surface area contributed by atoms with Crippen LogP contribution in [0.3, 0.4) is 0 Å². The van der Waals surface area contributed by atoms with Crippen LogP contribution in [0.2, 0.25) is 5.02 Å². The van der Waals surface area contributed by atoms with E-state index in [4.69, 9.17) is 11.6 Å². The predicted molar refractivity (Wildman–Crippen MR) is 104 cm³/mol. The molecule has 0 saturated carbocycles. The van der Waals surface area contributed by atoms with E-state index in [2.05, 4.69) is 21.6 Å². The van der Waals surface area contributed by atoms with Crippen LogP contribution >= 0.6 is 34.7 Å². The Morgan fingerprint density at radius 2 is 2.12 bits per heavy atom. The summed E-state index contributed by atoms with van der Waals surface area (Å²) >= 11 is 8.90. The van der Waals surface area contributed by atoms with Crippen molar-refractivity contribution in [3.05, 3.63) is 53.1 Å². The summed E-state index contributed by atoms with van der Waals surface area (Å²) in [5.74, 6) is 0.166. The number of thiazole rings is 1. The highest BCUT2D eigenvalue weighted by atomic mass is 35.5. The molecule has 0 aliphatic carbocycles. The van der Waals surface area contributed by atoms with Crippen LogP contribution in [0.5, 0.6) is 0 Å². The number of nitrogens with zero attached hydrogens (tertiary/aromatic N) is 3. The van der Waals surface area contributed by atoms with Gasteiger partial charge in [0, 0.05) is 10.7 Å². The number of hydrogen-bond donors (Lipinski definition) is 1. The van der Waals surface area contributed by atoms with Crippen LogP contribution in [0.4, 0.5) is 5.69 Å². The van der Waals surface area contributed by atoms with Crippen molar-refractivity contribution >= 4 is 61.5 Å². The lowest BCUT2D eigenvalue weighted by Gasteiger charge is -2.08. The molecule has 4 rings (SSSR count). The molecule has 8 heteroatoms. The van der Waals surface area contributed by atoms with Gasteiger partial charge in [0.05, 0.1) is 16.0 Å². The van der Waals surface area contributed by atoms with Crippen molar-refractivity contribution in [1.29, 1.82) is 0 Å². The van der Waals surface area contributed by atoms with Gasteiger partial charge in [-0.15, -0.1) is 10.2 Å². The molecular weight excluding hydrogens is 376 g/mol. The maximum atomic E-state index is 12.3. The zero-order valence-corrected chi connectivity index (χ0v) is 15.6. The number of hydrogen-bond acceptors (Lipinski definition) is 5. The number of fused-ring (bicyclic) bond motifs is 3. The minimum atomic E-state index is -0.0910. The lowest BCUT2D eigenvalue weighted by atomic mass is 10.2. The Labute approximate surface area is 157 Å². The highest BCUT2D eigenvalue weighted by molar-refractivity contribution is 7.99. The van der Waals surface area contributed by atoms with E-state index < -0.39 is 0 Å². The Morgan fingerprint density at radius 1 is 1.28 bits per heavy atom. The van der Waals surface area contributed by atoms with E-state index in [-0.39, 0.29) is 11.7 Å². The summed E-state index contributed by atoms with van der Waals surface area (Å²) in [6.45, 7) is 1.91. The first-order chi connectivity index (χ1) is 12.1. The summed E-state index contributed by atoms with van der Waals surface area (Å²) in [7, 11) is 0. The highest BCUT2D eigenvalue weighted by Crippen LogP contribution is 2.29. The third kappa shape index (κ3) is 3.22. The predicted octanol–water partition coefficient (Wildman–Crippen LogP) is 4.64. The lowest BCUT2D eigenvalue weighted by molar-refractivity contribution is -0.113. The van der Waals surface area contributed by atoms with Crippen LogP contribution in [0.15, 0.2) is 47.6 Å². The quantitative estimate of drug-likeness (QED) is 0.517. The van der Waals surface area contributed by atoms with Crippen LogP contribution < -0.4 is 5.32 Å². The molecule has 1 amide bonds. The number of aromatic nitrogens is 3. The van der Waals surface area contributed by atoms with E-state index in [9.17, 15) is 4.79 Å². The van der Waals surface area contributed by atoms with Gasteiger partial charge in [0.2, 0.25) is 10.9 Å². The van der Waals surface area contributed by atoms with E-state index in [1.807, 2.05) is 41.7 Å². The summed E-state index contributed by atoms with van der Waals surface area (Å²) in [5.41, 5.74) is 2.76. The Balaban J connectivity index is 1.51. The first-order valence-corrected chi connectivity index (χ1v) is 9.71. The zero-order chi connectivity index (χ0) is 17.4. The zero-order valence-electron chi connectivity index (χ0n) is 13.2. The van der Waals surface area contributed by atoms with Crippen LogP contribution in [0.1, 0.15) is 5.56 Å². The summed E-state index contributed by atoms with van der Waals surface area (Å²) in [4.78, 5) is 13.1. The van der Waals surface area contributed by atoms with E-state index >= 15 is 0 Å². The Bertz CT molecular complexity index is 1090. The molecule has 0 saturated heterocycles. The molecule has 0 aliphatic heterocycles. The molecule has 126 valence electrons. The number of para-hydroxylation sites is 1. The fraction of sp³-hybridized carbons (Fsp3) is 0.118. The number of carbonyl (C=O) groups excluding carboxylic acids is 1. The smallest absolute Gasteiger partial charge is 0.234 e. The molecule has 2 aromatic carbocycles. The molecule has 0 bridgehead atoms. The second-order valence-corrected chi connectivity index (χ2v) is 7.85. The summed E-state index contributed by atoms with van der Waals surface area (Å²) in [6, 6.07) is 13.5. The number of anilines is 1. The van der Waals surface area contributed by atoms with Gasteiger partial charge < -0.3 is 5.32 Å². The fourth-order valence-corrected chi connectivity index (χ4v) is 4.53. The van der Waals surface area contributed by atoms with Crippen LogP contribution in [0, 0.1) is 6.92 Å². The maximum absolute atomic E-state index is 12.3. The normalized spacial score (nSPS) is 11.3. The average Bonchev–Trinajstić information content (AvgIpc) is 3.15. The van der Waals surface area contributed by atoms with E-state index in [0.29, 0.717) is 5.02 Å².